The molecule has 0 saturated heterocycles. The average molecular weight is 311 g/mol. The lowest BCUT2D eigenvalue weighted by Gasteiger charge is -2.16. The minimum atomic E-state index is -0.378. The zero-order chi connectivity index (χ0) is 14.5. The highest BCUT2D eigenvalue weighted by Crippen LogP contribution is 2.22. The molecule has 2 aromatic rings. The zero-order valence-electron chi connectivity index (χ0n) is 11.4. The molecule has 0 amide bonds. The summed E-state index contributed by atoms with van der Waals surface area (Å²) in [5, 5.41) is 0.173. The summed E-state index contributed by atoms with van der Waals surface area (Å²) in [5.74, 6) is 0.514. The Bertz CT molecular complexity index is 581. The third-order valence-electron chi connectivity index (χ3n) is 3.50. The summed E-state index contributed by atoms with van der Waals surface area (Å²) in [7, 11) is 0. The third-order valence-corrected chi connectivity index (χ3v) is 4.22. The molecule has 1 unspecified atom stereocenters. The first-order valence-corrected chi connectivity index (χ1v) is 7.55. The second-order valence-electron chi connectivity index (χ2n) is 5.10. The molecule has 0 bridgehead atoms. The summed E-state index contributed by atoms with van der Waals surface area (Å²) in [6, 6.07) is 13.2. The van der Waals surface area contributed by atoms with Crippen LogP contribution in [0.4, 0.5) is 4.39 Å². The predicted molar refractivity (Wildman–Crippen MR) is 84.2 cm³/mol. The molecule has 0 saturated carbocycles. The Morgan fingerprint density at radius 1 is 1.10 bits per heavy atom. The van der Waals surface area contributed by atoms with E-state index >= 15 is 0 Å². The van der Waals surface area contributed by atoms with Gasteiger partial charge >= 0.3 is 0 Å². The Labute approximate surface area is 129 Å². The molecule has 2 rings (SSSR count). The van der Waals surface area contributed by atoms with Crippen LogP contribution in [-0.2, 0) is 12.8 Å². The first-order valence-electron chi connectivity index (χ1n) is 6.64. The van der Waals surface area contributed by atoms with Gasteiger partial charge in [-0.1, -0.05) is 41.9 Å². The van der Waals surface area contributed by atoms with Gasteiger partial charge < -0.3 is 0 Å². The van der Waals surface area contributed by atoms with Crippen molar-refractivity contribution in [2.45, 2.75) is 19.8 Å². The molecule has 2 aromatic carbocycles. The van der Waals surface area contributed by atoms with E-state index in [1.807, 2.05) is 12.1 Å². The Morgan fingerprint density at radius 3 is 2.50 bits per heavy atom. The van der Waals surface area contributed by atoms with Crippen molar-refractivity contribution in [1.29, 1.82) is 0 Å². The van der Waals surface area contributed by atoms with Gasteiger partial charge in [0.15, 0.2) is 0 Å². The number of hydrogen-bond acceptors (Lipinski definition) is 0. The minimum Gasteiger partial charge on any atom is -0.205 e. The van der Waals surface area contributed by atoms with Crippen molar-refractivity contribution in [1.82, 2.24) is 0 Å². The van der Waals surface area contributed by atoms with E-state index in [-0.39, 0.29) is 10.8 Å². The smallest absolute Gasteiger partial charge is 0.141 e. The number of halogens is 3. The summed E-state index contributed by atoms with van der Waals surface area (Å²) >= 11 is 11.9. The van der Waals surface area contributed by atoms with Gasteiger partial charge in [-0.2, -0.15) is 0 Å². The van der Waals surface area contributed by atoms with Crippen molar-refractivity contribution >= 4 is 23.2 Å². The van der Waals surface area contributed by atoms with Crippen LogP contribution in [-0.4, -0.2) is 5.88 Å². The van der Waals surface area contributed by atoms with Crippen LogP contribution in [0.25, 0.3) is 0 Å². The lowest BCUT2D eigenvalue weighted by molar-refractivity contribution is 0.579. The summed E-state index contributed by atoms with van der Waals surface area (Å²) in [4.78, 5) is 0. The molecular formula is C17H17Cl2F. The van der Waals surface area contributed by atoms with Gasteiger partial charge in [-0.05, 0) is 54.5 Å². The maximum Gasteiger partial charge on any atom is 0.141 e. The van der Waals surface area contributed by atoms with Crippen LogP contribution in [0.1, 0.15) is 16.7 Å². The Balaban J connectivity index is 2.09. The van der Waals surface area contributed by atoms with E-state index in [0.29, 0.717) is 11.8 Å². The van der Waals surface area contributed by atoms with Crippen molar-refractivity contribution in [3.8, 4) is 0 Å². The van der Waals surface area contributed by atoms with Crippen LogP contribution in [0, 0.1) is 18.7 Å². The van der Waals surface area contributed by atoms with Gasteiger partial charge in [-0.15, -0.1) is 11.6 Å². The third kappa shape index (κ3) is 3.97. The molecular weight excluding hydrogens is 294 g/mol. The molecule has 0 aliphatic carbocycles. The number of rotatable bonds is 5. The van der Waals surface area contributed by atoms with E-state index in [1.165, 1.54) is 17.2 Å². The molecule has 0 radical (unpaired) electrons. The van der Waals surface area contributed by atoms with E-state index in [1.54, 1.807) is 12.1 Å². The molecule has 0 heterocycles. The van der Waals surface area contributed by atoms with Crippen LogP contribution < -0.4 is 0 Å². The van der Waals surface area contributed by atoms with Crippen LogP contribution in [0.15, 0.2) is 42.5 Å². The van der Waals surface area contributed by atoms with Crippen molar-refractivity contribution < 1.29 is 4.39 Å². The molecule has 0 aliphatic rings. The normalized spacial score (nSPS) is 12.4. The highest BCUT2D eigenvalue weighted by atomic mass is 35.5. The van der Waals surface area contributed by atoms with E-state index in [9.17, 15) is 4.39 Å². The van der Waals surface area contributed by atoms with Crippen molar-refractivity contribution in [2.24, 2.45) is 5.92 Å². The van der Waals surface area contributed by atoms with Gasteiger partial charge in [0.2, 0.25) is 0 Å². The van der Waals surface area contributed by atoms with Gasteiger partial charge in [-0.25, -0.2) is 4.39 Å². The number of benzene rings is 2. The molecule has 1 atom stereocenters. The van der Waals surface area contributed by atoms with E-state index in [2.05, 4.69) is 19.1 Å². The second-order valence-corrected chi connectivity index (χ2v) is 5.82. The lowest BCUT2D eigenvalue weighted by atomic mass is 9.92. The maximum absolute atomic E-state index is 13.2. The topological polar surface area (TPSA) is 0 Å². The molecule has 0 aromatic heterocycles. The second kappa shape index (κ2) is 7.10. The summed E-state index contributed by atoms with van der Waals surface area (Å²) < 4.78 is 13.2. The predicted octanol–water partition coefficient (Wildman–Crippen LogP) is 5.43. The van der Waals surface area contributed by atoms with Gasteiger partial charge in [0.05, 0.1) is 5.02 Å². The van der Waals surface area contributed by atoms with Crippen molar-refractivity contribution in [3.05, 3.63) is 70.0 Å². The monoisotopic (exact) mass is 310 g/mol. The standard InChI is InChI=1S/C17H17Cl2F/c1-12-4-2-3-5-15(12)9-14(11-18)8-13-6-7-17(20)16(19)10-13/h2-7,10,14H,8-9,11H2,1H3. The van der Waals surface area contributed by atoms with Crippen molar-refractivity contribution in [2.75, 3.05) is 5.88 Å². The average Bonchev–Trinajstić information content (AvgIpc) is 2.44. The summed E-state index contributed by atoms with van der Waals surface area (Å²) in [6.45, 7) is 2.11. The SMILES string of the molecule is Cc1ccccc1CC(CCl)Cc1ccc(F)c(Cl)c1. The summed E-state index contributed by atoms with van der Waals surface area (Å²) in [5.41, 5.74) is 3.61. The molecule has 0 fully saturated rings. The molecule has 20 heavy (non-hydrogen) atoms. The quantitative estimate of drug-likeness (QED) is 0.646. The number of hydrogen-bond donors (Lipinski definition) is 0. The Kier molecular flexibility index (Phi) is 5.45. The lowest BCUT2D eigenvalue weighted by Crippen LogP contribution is -2.11. The zero-order valence-corrected chi connectivity index (χ0v) is 12.9. The molecule has 106 valence electrons. The van der Waals surface area contributed by atoms with Gasteiger partial charge in [0.1, 0.15) is 5.82 Å². The van der Waals surface area contributed by atoms with Crippen molar-refractivity contribution in [3.63, 3.8) is 0 Å². The van der Waals surface area contributed by atoms with Gasteiger partial charge in [0, 0.05) is 5.88 Å². The first-order chi connectivity index (χ1) is 9.60. The van der Waals surface area contributed by atoms with Gasteiger partial charge in [-0.3, -0.25) is 0 Å². The van der Waals surface area contributed by atoms with Gasteiger partial charge in [0.25, 0.3) is 0 Å². The fourth-order valence-electron chi connectivity index (χ4n) is 2.33. The number of alkyl halides is 1. The highest BCUT2D eigenvalue weighted by molar-refractivity contribution is 6.30. The fourth-order valence-corrected chi connectivity index (χ4v) is 2.75. The first kappa shape index (κ1) is 15.3. The Hall–Kier alpha value is -1.05. The van der Waals surface area contributed by atoms with Crippen LogP contribution in [0.2, 0.25) is 5.02 Å². The van der Waals surface area contributed by atoms with E-state index < -0.39 is 0 Å². The van der Waals surface area contributed by atoms with Crippen LogP contribution in [0.5, 0.6) is 0 Å². The largest absolute Gasteiger partial charge is 0.205 e. The molecule has 0 N–H and O–H groups in total. The maximum atomic E-state index is 13.2. The van der Waals surface area contributed by atoms with E-state index in [0.717, 1.165) is 18.4 Å². The van der Waals surface area contributed by atoms with E-state index in [4.69, 9.17) is 23.2 Å². The van der Waals surface area contributed by atoms with Crippen LogP contribution in [0.3, 0.4) is 0 Å². The fraction of sp³-hybridized carbons (Fsp3) is 0.294. The van der Waals surface area contributed by atoms with Crippen LogP contribution >= 0.6 is 23.2 Å². The minimum absolute atomic E-state index is 0.173. The molecule has 0 aliphatic heterocycles. The molecule has 0 spiro atoms. The molecule has 0 nitrogen and oxygen atoms in total. The highest BCUT2D eigenvalue weighted by Gasteiger charge is 2.12. The Morgan fingerprint density at radius 2 is 1.85 bits per heavy atom. The summed E-state index contributed by atoms with van der Waals surface area (Å²) in [6.07, 6.45) is 1.73. The number of aryl methyl sites for hydroxylation is 1. The molecule has 3 heteroatoms.